The highest BCUT2D eigenvalue weighted by Gasteiger charge is 2.12. The van der Waals surface area contributed by atoms with E-state index in [0.717, 1.165) is 0 Å². The summed E-state index contributed by atoms with van der Waals surface area (Å²) in [6.07, 6.45) is -0.170. The van der Waals surface area contributed by atoms with E-state index in [2.05, 4.69) is 0 Å². The van der Waals surface area contributed by atoms with Crippen LogP contribution in [0.1, 0.15) is 12.8 Å². The number of amides is 1. The molecule has 1 N–H and O–H groups in total. The molecule has 0 aliphatic heterocycles. The molecule has 1 amide bonds. The fourth-order valence-electron chi connectivity index (χ4n) is 1.34. The molecule has 5 heteroatoms. The minimum atomic E-state index is -0.975. The van der Waals surface area contributed by atoms with Crippen molar-refractivity contribution in [2.45, 2.75) is 12.8 Å². The molecule has 0 atom stereocenters. The zero-order chi connectivity index (χ0) is 12.8. The van der Waals surface area contributed by atoms with Crippen LogP contribution >= 0.6 is 0 Å². The summed E-state index contributed by atoms with van der Waals surface area (Å²) >= 11 is 0. The van der Waals surface area contributed by atoms with Crippen molar-refractivity contribution in [2.75, 3.05) is 19.1 Å². The highest BCUT2D eigenvalue weighted by Crippen LogP contribution is 2.20. The van der Waals surface area contributed by atoms with Gasteiger partial charge in [0.1, 0.15) is 5.75 Å². The van der Waals surface area contributed by atoms with Gasteiger partial charge < -0.3 is 14.7 Å². The minimum absolute atomic E-state index is 0.0109. The molecule has 5 nitrogen and oxygen atoms in total. The lowest BCUT2D eigenvalue weighted by molar-refractivity contribution is -0.138. The Morgan fingerprint density at radius 1 is 1.35 bits per heavy atom. The number of carbonyl (C=O) groups excluding carboxylic acids is 1. The van der Waals surface area contributed by atoms with Crippen molar-refractivity contribution < 1.29 is 19.4 Å². The van der Waals surface area contributed by atoms with Crippen LogP contribution in [0.4, 0.5) is 5.69 Å². The second-order valence-electron chi connectivity index (χ2n) is 3.55. The lowest BCUT2D eigenvalue weighted by Gasteiger charge is -2.17. The minimum Gasteiger partial charge on any atom is -0.497 e. The molecule has 1 rings (SSSR count). The SMILES string of the molecule is COc1cccc(N(C)C(=O)CCC(=O)O)c1. The smallest absolute Gasteiger partial charge is 0.303 e. The van der Waals surface area contributed by atoms with Crippen LogP contribution in [0.25, 0.3) is 0 Å². The zero-order valence-electron chi connectivity index (χ0n) is 9.84. The standard InChI is InChI=1S/C12H15NO4/c1-13(11(14)6-7-12(15)16)9-4-3-5-10(8-9)17-2/h3-5,8H,6-7H2,1-2H3,(H,15,16). The molecule has 0 aromatic heterocycles. The summed E-state index contributed by atoms with van der Waals surface area (Å²) < 4.78 is 5.05. The average molecular weight is 237 g/mol. The van der Waals surface area contributed by atoms with Gasteiger partial charge in [-0.1, -0.05) is 6.07 Å². The van der Waals surface area contributed by atoms with Gasteiger partial charge in [-0.25, -0.2) is 0 Å². The highest BCUT2D eigenvalue weighted by molar-refractivity contribution is 5.94. The summed E-state index contributed by atoms with van der Waals surface area (Å²) in [7, 11) is 3.16. The fourth-order valence-corrected chi connectivity index (χ4v) is 1.34. The topological polar surface area (TPSA) is 66.8 Å². The molecule has 1 aromatic rings. The van der Waals surface area contributed by atoms with Crippen LogP contribution in [0.5, 0.6) is 5.75 Å². The molecule has 92 valence electrons. The van der Waals surface area contributed by atoms with E-state index in [0.29, 0.717) is 11.4 Å². The lowest BCUT2D eigenvalue weighted by atomic mass is 10.2. The van der Waals surface area contributed by atoms with Gasteiger partial charge in [0.2, 0.25) is 5.91 Å². The summed E-state index contributed by atoms with van der Waals surface area (Å²) in [5.74, 6) is -0.557. The van der Waals surface area contributed by atoms with Crippen molar-refractivity contribution in [3.05, 3.63) is 24.3 Å². The van der Waals surface area contributed by atoms with Crippen molar-refractivity contribution in [3.63, 3.8) is 0 Å². The van der Waals surface area contributed by atoms with E-state index < -0.39 is 5.97 Å². The maximum Gasteiger partial charge on any atom is 0.303 e. The predicted octanol–water partition coefficient (Wildman–Crippen LogP) is 1.52. The number of anilines is 1. The molecule has 0 unspecified atom stereocenters. The summed E-state index contributed by atoms with van der Waals surface area (Å²) in [5, 5.41) is 8.51. The van der Waals surface area contributed by atoms with Gasteiger partial charge in [0.25, 0.3) is 0 Å². The van der Waals surface area contributed by atoms with Crippen LogP contribution < -0.4 is 9.64 Å². The van der Waals surface area contributed by atoms with Gasteiger partial charge in [-0.05, 0) is 12.1 Å². The normalized spacial score (nSPS) is 9.76. The molecule has 0 radical (unpaired) electrons. The number of methoxy groups -OCH3 is 1. The van der Waals surface area contributed by atoms with Gasteiger partial charge >= 0.3 is 5.97 Å². The Hall–Kier alpha value is -2.04. The molecular weight excluding hydrogens is 222 g/mol. The first-order chi connectivity index (χ1) is 8.04. The van der Waals surface area contributed by atoms with Gasteiger partial charge in [0, 0.05) is 25.2 Å². The molecular formula is C12H15NO4. The maximum atomic E-state index is 11.7. The van der Waals surface area contributed by atoms with Crippen LogP contribution in [0.2, 0.25) is 0 Å². The second kappa shape index (κ2) is 5.89. The molecule has 0 fully saturated rings. The predicted molar refractivity (Wildman–Crippen MR) is 63.3 cm³/mol. The largest absolute Gasteiger partial charge is 0.497 e. The van der Waals surface area contributed by atoms with Gasteiger partial charge in [0.05, 0.1) is 13.5 Å². The Morgan fingerprint density at radius 2 is 2.06 bits per heavy atom. The first-order valence-corrected chi connectivity index (χ1v) is 5.17. The number of hydrogen-bond acceptors (Lipinski definition) is 3. The lowest BCUT2D eigenvalue weighted by Crippen LogP contribution is -2.26. The Morgan fingerprint density at radius 3 is 2.65 bits per heavy atom. The first kappa shape index (κ1) is 13.0. The van der Waals surface area contributed by atoms with Gasteiger partial charge in [-0.2, -0.15) is 0 Å². The molecule has 0 saturated carbocycles. The number of carbonyl (C=O) groups is 2. The van der Waals surface area contributed by atoms with Crippen LogP contribution in [0.15, 0.2) is 24.3 Å². The summed E-state index contributed by atoms with van der Waals surface area (Å²) in [6.45, 7) is 0. The van der Waals surface area contributed by atoms with E-state index in [-0.39, 0.29) is 18.7 Å². The zero-order valence-corrected chi connectivity index (χ0v) is 9.84. The third kappa shape index (κ3) is 3.79. The first-order valence-electron chi connectivity index (χ1n) is 5.17. The van der Waals surface area contributed by atoms with Gasteiger partial charge in [0.15, 0.2) is 0 Å². The fraction of sp³-hybridized carbons (Fsp3) is 0.333. The molecule has 0 saturated heterocycles. The number of nitrogens with zero attached hydrogens (tertiary/aromatic N) is 1. The van der Waals surface area contributed by atoms with Crippen LogP contribution in [-0.2, 0) is 9.59 Å². The highest BCUT2D eigenvalue weighted by atomic mass is 16.5. The van der Waals surface area contributed by atoms with E-state index >= 15 is 0 Å². The molecule has 0 heterocycles. The number of carboxylic acids is 1. The summed E-state index contributed by atoms with van der Waals surface area (Å²) in [6, 6.07) is 7.04. The Bertz CT molecular complexity index is 417. The number of ether oxygens (including phenoxy) is 1. The molecule has 0 aliphatic carbocycles. The molecule has 0 spiro atoms. The molecule has 0 bridgehead atoms. The van der Waals surface area contributed by atoms with Crippen LogP contribution in [0.3, 0.4) is 0 Å². The molecule has 17 heavy (non-hydrogen) atoms. The monoisotopic (exact) mass is 237 g/mol. The van der Waals surface area contributed by atoms with E-state index in [1.807, 2.05) is 0 Å². The van der Waals surface area contributed by atoms with Crippen LogP contribution in [0, 0.1) is 0 Å². The van der Waals surface area contributed by atoms with E-state index in [4.69, 9.17) is 9.84 Å². The Balaban J connectivity index is 2.70. The van der Waals surface area contributed by atoms with Gasteiger partial charge in [-0.3, -0.25) is 9.59 Å². The summed E-state index contributed by atoms with van der Waals surface area (Å²) in [4.78, 5) is 23.5. The maximum absolute atomic E-state index is 11.7. The van der Waals surface area contributed by atoms with Crippen molar-refractivity contribution in [1.29, 1.82) is 0 Å². The quantitative estimate of drug-likeness (QED) is 0.843. The van der Waals surface area contributed by atoms with Crippen molar-refractivity contribution in [3.8, 4) is 5.75 Å². The van der Waals surface area contributed by atoms with E-state index in [1.165, 1.54) is 4.90 Å². The number of benzene rings is 1. The number of carboxylic acid groups (broad SMARTS) is 1. The number of hydrogen-bond donors (Lipinski definition) is 1. The third-order valence-corrected chi connectivity index (χ3v) is 2.37. The Kier molecular flexibility index (Phi) is 4.51. The average Bonchev–Trinajstić information content (AvgIpc) is 2.35. The molecule has 0 aliphatic rings. The van der Waals surface area contributed by atoms with E-state index in [1.54, 1.807) is 38.4 Å². The van der Waals surface area contributed by atoms with Gasteiger partial charge in [-0.15, -0.1) is 0 Å². The third-order valence-electron chi connectivity index (χ3n) is 2.37. The van der Waals surface area contributed by atoms with E-state index in [9.17, 15) is 9.59 Å². The van der Waals surface area contributed by atoms with Crippen molar-refractivity contribution in [1.82, 2.24) is 0 Å². The number of aliphatic carboxylic acids is 1. The number of rotatable bonds is 5. The molecule has 1 aromatic carbocycles. The summed E-state index contributed by atoms with van der Waals surface area (Å²) in [5.41, 5.74) is 0.680. The second-order valence-corrected chi connectivity index (χ2v) is 3.55. The Labute approximate surface area is 99.6 Å². The van der Waals surface area contributed by atoms with Crippen LogP contribution in [-0.4, -0.2) is 31.1 Å². The van der Waals surface area contributed by atoms with Crippen molar-refractivity contribution >= 4 is 17.6 Å². The van der Waals surface area contributed by atoms with Crippen molar-refractivity contribution in [2.24, 2.45) is 0 Å².